The molecule has 0 aliphatic carbocycles. The van der Waals surface area contributed by atoms with E-state index in [0.717, 1.165) is 64.1 Å². The van der Waals surface area contributed by atoms with E-state index in [-0.39, 0.29) is 0 Å². The topological polar surface area (TPSA) is 23.6 Å². The Kier molecular flexibility index (Phi) is 16.3. The first-order chi connectivity index (χ1) is 20.0. The van der Waals surface area contributed by atoms with Crippen molar-refractivity contribution in [2.45, 2.75) is 87.1 Å². The van der Waals surface area contributed by atoms with Crippen molar-refractivity contribution < 1.29 is 4.79 Å². The first kappa shape index (κ1) is 34.5. The molecule has 1 saturated heterocycles. The Morgan fingerprint density at radius 1 is 0.707 bits per heavy atom. The monoisotopic (exact) mass is 556 g/mol. The first-order valence-electron chi connectivity index (χ1n) is 16.2. The number of Topliss-reactive ketones (excluding diaryl/α,β-unsaturated/α-hetero) is 1. The molecule has 0 spiro atoms. The van der Waals surface area contributed by atoms with Crippen LogP contribution in [0.5, 0.6) is 0 Å². The second-order valence-electron chi connectivity index (χ2n) is 10.9. The molecule has 41 heavy (non-hydrogen) atoms. The highest BCUT2D eigenvalue weighted by Gasteiger charge is 2.22. The van der Waals surface area contributed by atoms with Gasteiger partial charge in [-0.05, 0) is 87.8 Å². The molecule has 0 unspecified atom stereocenters. The van der Waals surface area contributed by atoms with Crippen LogP contribution in [0.4, 0.5) is 0 Å². The standard InChI is InChI=1S/C26H34N2O.C8H10.2C2H6/c1-2-27-14-10-21(11-15-27)18-26(29)25-9-8-23-12-16-28(17-13-24(23)19-25)20-22-6-4-3-5-7-22;1-7-4-3-5-8(2)6-7;2*1-2/h3-9,19,21H,2,10-18,20H2,1H3;3-6H,1-2H3;2*1-2H3. The minimum Gasteiger partial charge on any atom is -0.304 e. The van der Waals surface area contributed by atoms with Gasteiger partial charge in [-0.1, -0.05) is 112 Å². The summed E-state index contributed by atoms with van der Waals surface area (Å²) in [5.41, 5.74) is 7.79. The van der Waals surface area contributed by atoms with Crippen molar-refractivity contribution in [1.82, 2.24) is 9.80 Å². The van der Waals surface area contributed by atoms with E-state index in [0.29, 0.717) is 11.7 Å². The smallest absolute Gasteiger partial charge is 0.163 e. The number of carbonyl (C=O) groups is 1. The molecular weight excluding hydrogens is 500 g/mol. The molecule has 0 N–H and O–H groups in total. The third-order valence-corrected chi connectivity index (χ3v) is 7.97. The van der Waals surface area contributed by atoms with Gasteiger partial charge in [0, 0.05) is 31.6 Å². The highest BCUT2D eigenvalue weighted by molar-refractivity contribution is 5.96. The highest BCUT2D eigenvalue weighted by atomic mass is 16.1. The maximum absolute atomic E-state index is 12.9. The van der Waals surface area contributed by atoms with E-state index in [1.807, 2.05) is 27.7 Å². The van der Waals surface area contributed by atoms with Crippen molar-refractivity contribution in [2.24, 2.45) is 5.92 Å². The highest BCUT2D eigenvalue weighted by Crippen LogP contribution is 2.24. The number of ketones is 1. The molecule has 3 aromatic rings. The van der Waals surface area contributed by atoms with Gasteiger partial charge in [0.25, 0.3) is 0 Å². The lowest BCUT2D eigenvalue weighted by Gasteiger charge is -2.30. The number of carbonyl (C=O) groups excluding carboxylic acids is 1. The Balaban J connectivity index is 0.000000414. The summed E-state index contributed by atoms with van der Waals surface area (Å²) >= 11 is 0. The average molecular weight is 557 g/mol. The molecule has 0 atom stereocenters. The lowest BCUT2D eigenvalue weighted by atomic mass is 9.89. The van der Waals surface area contributed by atoms with Gasteiger partial charge in [-0.25, -0.2) is 0 Å². The zero-order chi connectivity index (χ0) is 30.0. The van der Waals surface area contributed by atoms with E-state index in [1.54, 1.807) is 0 Å². The Morgan fingerprint density at radius 2 is 1.32 bits per heavy atom. The summed E-state index contributed by atoms with van der Waals surface area (Å²) in [4.78, 5) is 17.9. The predicted molar refractivity (Wildman–Crippen MR) is 178 cm³/mol. The molecule has 1 fully saturated rings. The van der Waals surface area contributed by atoms with Crippen LogP contribution in [0.2, 0.25) is 0 Å². The van der Waals surface area contributed by atoms with Crippen LogP contribution < -0.4 is 0 Å². The molecule has 5 rings (SSSR count). The van der Waals surface area contributed by atoms with Gasteiger partial charge in [-0.2, -0.15) is 0 Å². The molecule has 2 aliphatic rings. The number of likely N-dealkylation sites (tertiary alicyclic amines) is 1. The van der Waals surface area contributed by atoms with Gasteiger partial charge >= 0.3 is 0 Å². The largest absolute Gasteiger partial charge is 0.304 e. The molecule has 0 bridgehead atoms. The molecular formula is C38H56N2O. The molecule has 3 nitrogen and oxygen atoms in total. The van der Waals surface area contributed by atoms with E-state index in [9.17, 15) is 4.79 Å². The Hall–Kier alpha value is -2.75. The van der Waals surface area contributed by atoms with Crippen molar-refractivity contribution in [3.8, 4) is 0 Å². The zero-order valence-corrected chi connectivity index (χ0v) is 27.1. The Labute approximate surface area is 252 Å². The van der Waals surface area contributed by atoms with Crippen LogP contribution in [0.3, 0.4) is 0 Å². The van der Waals surface area contributed by atoms with Gasteiger partial charge in [0.1, 0.15) is 0 Å². The van der Waals surface area contributed by atoms with Crippen molar-refractivity contribution in [3.05, 3.63) is 106 Å². The fourth-order valence-electron chi connectivity index (χ4n) is 5.64. The van der Waals surface area contributed by atoms with E-state index < -0.39 is 0 Å². The van der Waals surface area contributed by atoms with Crippen molar-refractivity contribution in [1.29, 1.82) is 0 Å². The minimum atomic E-state index is 0.341. The van der Waals surface area contributed by atoms with Crippen molar-refractivity contribution in [3.63, 3.8) is 0 Å². The maximum Gasteiger partial charge on any atom is 0.163 e. The van der Waals surface area contributed by atoms with Gasteiger partial charge < -0.3 is 4.90 Å². The lowest BCUT2D eigenvalue weighted by molar-refractivity contribution is 0.0930. The Morgan fingerprint density at radius 3 is 1.88 bits per heavy atom. The van der Waals surface area contributed by atoms with Crippen LogP contribution >= 0.6 is 0 Å². The van der Waals surface area contributed by atoms with E-state index in [4.69, 9.17) is 0 Å². The third kappa shape index (κ3) is 11.9. The number of hydrogen-bond acceptors (Lipinski definition) is 3. The normalized spacial score (nSPS) is 15.5. The zero-order valence-electron chi connectivity index (χ0n) is 27.1. The van der Waals surface area contributed by atoms with E-state index in [1.165, 1.54) is 40.7 Å². The molecule has 2 aliphatic heterocycles. The SMILES string of the molecule is CC.CC.CCN1CCC(CC(=O)c2ccc3c(c2)CCN(Cc2ccccc2)CC3)CC1.Cc1cccc(C)c1. The van der Waals surface area contributed by atoms with Crippen LogP contribution in [0, 0.1) is 19.8 Å². The summed E-state index contributed by atoms with van der Waals surface area (Å²) in [7, 11) is 0. The predicted octanol–water partition coefficient (Wildman–Crippen LogP) is 8.95. The molecule has 0 radical (unpaired) electrons. The Bertz CT molecular complexity index is 1110. The summed E-state index contributed by atoms with van der Waals surface area (Å²) in [6, 6.07) is 25.7. The van der Waals surface area contributed by atoms with Gasteiger partial charge in [-0.3, -0.25) is 9.69 Å². The minimum absolute atomic E-state index is 0.341. The number of fused-ring (bicyclic) bond motifs is 1. The lowest BCUT2D eigenvalue weighted by Crippen LogP contribution is -2.34. The number of aryl methyl sites for hydroxylation is 2. The number of piperidine rings is 1. The van der Waals surface area contributed by atoms with Crippen molar-refractivity contribution in [2.75, 3.05) is 32.7 Å². The fraction of sp³-hybridized carbons (Fsp3) is 0.500. The van der Waals surface area contributed by atoms with Crippen molar-refractivity contribution >= 4 is 5.78 Å². The summed E-state index contributed by atoms with van der Waals surface area (Å²) in [5.74, 6) is 0.901. The number of nitrogens with zero attached hydrogens (tertiary/aromatic N) is 2. The van der Waals surface area contributed by atoms with E-state index >= 15 is 0 Å². The van der Waals surface area contributed by atoms with Gasteiger partial charge in [0.2, 0.25) is 0 Å². The average Bonchev–Trinajstić information content (AvgIpc) is 3.22. The molecule has 224 valence electrons. The third-order valence-electron chi connectivity index (χ3n) is 7.97. The summed E-state index contributed by atoms with van der Waals surface area (Å²) < 4.78 is 0. The van der Waals surface area contributed by atoms with E-state index in [2.05, 4.69) is 103 Å². The van der Waals surface area contributed by atoms with Crippen LogP contribution in [0.25, 0.3) is 0 Å². The molecule has 0 aromatic heterocycles. The van der Waals surface area contributed by atoms with Crippen LogP contribution in [-0.4, -0.2) is 48.3 Å². The van der Waals surface area contributed by atoms with Crippen LogP contribution in [0.15, 0.2) is 72.8 Å². The molecule has 0 saturated carbocycles. The number of benzene rings is 3. The second kappa shape index (κ2) is 19.4. The van der Waals surface area contributed by atoms with Gasteiger partial charge in [0.15, 0.2) is 5.78 Å². The first-order valence-corrected chi connectivity index (χ1v) is 16.2. The van der Waals surface area contributed by atoms with Gasteiger partial charge in [-0.15, -0.1) is 0 Å². The molecule has 2 heterocycles. The van der Waals surface area contributed by atoms with Gasteiger partial charge in [0.05, 0.1) is 0 Å². The fourth-order valence-corrected chi connectivity index (χ4v) is 5.64. The van der Waals surface area contributed by atoms with Crippen LogP contribution in [-0.2, 0) is 19.4 Å². The molecule has 0 amide bonds. The maximum atomic E-state index is 12.9. The van der Waals surface area contributed by atoms with Crippen LogP contribution in [0.1, 0.15) is 92.1 Å². The number of hydrogen-bond donors (Lipinski definition) is 0. The quantitative estimate of drug-likeness (QED) is 0.283. The number of rotatable bonds is 6. The molecule has 3 heteroatoms. The molecule has 3 aromatic carbocycles. The summed E-state index contributed by atoms with van der Waals surface area (Å²) in [6.45, 7) is 21.0. The second-order valence-corrected chi connectivity index (χ2v) is 10.9. The summed E-state index contributed by atoms with van der Waals surface area (Å²) in [6.07, 6.45) is 5.17. The summed E-state index contributed by atoms with van der Waals surface area (Å²) in [5, 5.41) is 0.